The zero-order valence-electron chi connectivity index (χ0n) is 16.3. The molecule has 0 amide bonds. The zero-order chi connectivity index (χ0) is 19.5. The third kappa shape index (κ3) is 3.58. The third-order valence-corrected chi connectivity index (χ3v) is 6.49. The average molecular weight is 389 g/mol. The lowest BCUT2D eigenvalue weighted by Crippen LogP contribution is -2.37. The molecule has 142 valence electrons. The van der Waals surface area contributed by atoms with Crippen molar-refractivity contribution < 1.29 is 0 Å². The number of pyridine rings is 2. The van der Waals surface area contributed by atoms with Crippen LogP contribution in [0.3, 0.4) is 0 Å². The summed E-state index contributed by atoms with van der Waals surface area (Å²) in [5.41, 5.74) is 6.63. The van der Waals surface area contributed by atoms with Crippen molar-refractivity contribution in [3.63, 3.8) is 0 Å². The van der Waals surface area contributed by atoms with E-state index in [9.17, 15) is 5.26 Å². The van der Waals surface area contributed by atoms with E-state index in [4.69, 9.17) is 9.97 Å². The van der Waals surface area contributed by atoms with Gasteiger partial charge in [0, 0.05) is 24.3 Å². The molecular formula is C23H24N4S. The van der Waals surface area contributed by atoms with E-state index in [1.165, 1.54) is 11.1 Å². The quantitative estimate of drug-likeness (QED) is 0.592. The van der Waals surface area contributed by atoms with Gasteiger partial charge >= 0.3 is 0 Å². The van der Waals surface area contributed by atoms with Crippen molar-refractivity contribution in [2.75, 3.05) is 0 Å². The normalized spacial score (nSPS) is 20.0. The first kappa shape index (κ1) is 18.8. The molecule has 2 atom stereocenters. The van der Waals surface area contributed by atoms with Gasteiger partial charge < -0.3 is 0 Å². The van der Waals surface area contributed by atoms with Gasteiger partial charge in [0.1, 0.15) is 6.07 Å². The number of hydrogen-bond donors (Lipinski definition) is 0. The summed E-state index contributed by atoms with van der Waals surface area (Å²) < 4.78 is 0. The van der Waals surface area contributed by atoms with Crippen LogP contribution >= 0.6 is 11.3 Å². The van der Waals surface area contributed by atoms with E-state index in [2.05, 4.69) is 42.3 Å². The first-order valence-corrected chi connectivity index (χ1v) is 10.7. The number of likely N-dealkylation sites (tertiary alicyclic amines) is 1. The van der Waals surface area contributed by atoms with E-state index in [0.717, 1.165) is 48.3 Å². The van der Waals surface area contributed by atoms with Crippen LogP contribution in [0, 0.1) is 25.2 Å². The molecule has 4 nitrogen and oxygen atoms in total. The highest BCUT2D eigenvalue weighted by atomic mass is 32.1. The van der Waals surface area contributed by atoms with Gasteiger partial charge in [-0.1, -0.05) is 12.1 Å². The van der Waals surface area contributed by atoms with Crippen molar-refractivity contribution in [1.29, 1.82) is 5.26 Å². The molecule has 0 saturated carbocycles. The summed E-state index contributed by atoms with van der Waals surface area (Å²) in [6.07, 6.45) is 7.08. The van der Waals surface area contributed by atoms with Gasteiger partial charge in [-0.3, -0.25) is 14.9 Å². The predicted octanol–water partition coefficient (Wildman–Crippen LogP) is 5.50. The summed E-state index contributed by atoms with van der Waals surface area (Å²) in [6.45, 7) is 5.02. The fourth-order valence-corrected chi connectivity index (χ4v) is 5.07. The van der Waals surface area contributed by atoms with Crippen molar-refractivity contribution in [1.82, 2.24) is 14.9 Å². The van der Waals surface area contributed by atoms with Gasteiger partial charge in [0.25, 0.3) is 0 Å². The second-order valence-corrected chi connectivity index (χ2v) is 8.21. The Bertz CT molecular complexity index is 950. The summed E-state index contributed by atoms with van der Waals surface area (Å²) >= 11 is 1.60. The van der Waals surface area contributed by atoms with Crippen molar-refractivity contribution in [3.8, 4) is 6.07 Å². The van der Waals surface area contributed by atoms with Crippen LogP contribution in [0.2, 0.25) is 0 Å². The van der Waals surface area contributed by atoms with Crippen LogP contribution in [0.25, 0.3) is 0 Å². The highest BCUT2D eigenvalue weighted by molar-refractivity contribution is 7.08. The van der Waals surface area contributed by atoms with Gasteiger partial charge in [-0.15, -0.1) is 0 Å². The Morgan fingerprint density at radius 2 is 1.64 bits per heavy atom. The van der Waals surface area contributed by atoms with E-state index in [1.807, 2.05) is 29.9 Å². The van der Waals surface area contributed by atoms with E-state index < -0.39 is 0 Å². The molecule has 1 aliphatic heterocycles. The molecule has 3 aromatic heterocycles. The molecule has 4 rings (SSSR count). The molecule has 3 aromatic rings. The molecule has 1 saturated heterocycles. The van der Waals surface area contributed by atoms with Crippen molar-refractivity contribution in [2.24, 2.45) is 0 Å². The lowest BCUT2D eigenvalue weighted by molar-refractivity contribution is 0.0679. The second-order valence-electron chi connectivity index (χ2n) is 7.47. The van der Waals surface area contributed by atoms with Crippen LogP contribution in [-0.2, 0) is 6.54 Å². The van der Waals surface area contributed by atoms with E-state index in [-0.39, 0.29) is 12.1 Å². The number of nitriles is 1. The van der Waals surface area contributed by atoms with Gasteiger partial charge in [-0.2, -0.15) is 16.6 Å². The Morgan fingerprint density at radius 1 is 1.04 bits per heavy atom. The van der Waals surface area contributed by atoms with Crippen molar-refractivity contribution in [2.45, 2.75) is 51.7 Å². The maximum atomic E-state index is 9.50. The first-order chi connectivity index (χ1) is 13.7. The van der Waals surface area contributed by atoms with Gasteiger partial charge in [-0.05, 0) is 67.3 Å². The fourth-order valence-electron chi connectivity index (χ4n) is 4.30. The minimum atomic E-state index is 0.229. The number of hydrogen-bond acceptors (Lipinski definition) is 5. The minimum absolute atomic E-state index is 0.229. The van der Waals surface area contributed by atoms with Gasteiger partial charge in [0.2, 0.25) is 0 Å². The Kier molecular flexibility index (Phi) is 5.52. The molecule has 0 bridgehead atoms. The Labute approximate surface area is 170 Å². The predicted molar refractivity (Wildman–Crippen MR) is 112 cm³/mol. The van der Waals surface area contributed by atoms with Crippen LogP contribution in [0.4, 0.5) is 0 Å². The van der Waals surface area contributed by atoms with Crippen LogP contribution < -0.4 is 0 Å². The molecule has 0 aliphatic carbocycles. The molecule has 0 aromatic carbocycles. The average Bonchev–Trinajstić information content (AvgIpc) is 3.16. The van der Waals surface area contributed by atoms with E-state index in [0.29, 0.717) is 0 Å². The molecule has 1 aliphatic rings. The molecule has 0 unspecified atom stereocenters. The fraction of sp³-hybridized carbons (Fsp3) is 0.348. The molecule has 5 heteroatoms. The lowest BCUT2D eigenvalue weighted by Gasteiger charge is -2.42. The molecule has 0 N–H and O–H groups in total. The number of piperidine rings is 1. The van der Waals surface area contributed by atoms with Gasteiger partial charge in [0.15, 0.2) is 0 Å². The van der Waals surface area contributed by atoms with Gasteiger partial charge in [0.05, 0.1) is 29.0 Å². The summed E-state index contributed by atoms with van der Waals surface area (Å²) in [6, 6.07) is 11.1. The van der Waals surface area contributed by atoms with Crippen LogP contribution in [0.1, 0.15) is 65.0 Å². The Morgan fingerprint density at radius 3 is 2.18 bits per heavy atom. The number of nitrogens with zero attached hydrogens (tertiary/aromatic N) is 4. The van der Waals surface area contributed by atoms with E-state index in [1.54, 1.807) is 11.3 Å². The largest absolute Gasteiger partial charge is 0.282 e. The monoisotopic (exact) mass is 388 g/mol. The first-order valence-electron chi connectivity index (χ1n) is 9.73. The maximum Gasteiger partial charge on any atom is 0.100 e. The molecule has 0 radical (unpaired) electrons. The van der Waals surface area contributed by atoms with Gasteiger partial charge in [-0.25, -0.2) is 0 Å². The number of rotatable bonds is 4. The standard InChI is InChI=1S/C23H24N4S/c1-16-6-4-10-25-22(16)20-8-3-9-21(23-17(2)7-5-11-26-23)27(20)13-19-15-28-14-18(19)12-24/h4-7,10-11,14-15,20-21H,3,8-9,13H2,1-2H3/t20-,21+. The number of aryl methyl sites for hydroxylation is 2. The smallest absolute Gasteiger partial charge is 0.100 e. The molecule has 1 fully saturated rings. The molecule has 4 heterocycles. The molecular weight excluding hydrogens is 364 g/mol. The summed E-state index contributed by atoms with van der Waals surface area (Å²) in [5.74, 6) is 0. The SMILES string of the molecule is Cc1cccnc1[C@H]1CCC[C@@H](c2ncccc2C)N1Cc1cscc1C#N. The van der Waals surface area contributed by atoms with Crippen molar-refractivity contribution in [3.05, 3.63) is 81.1 Å². The van der Waals surface area contributed by atoms with Crippen LogP contribution in [0.5, 0.6) is 0 Å². The second kappa shape index (κ2) is 8.22. The molecule has 28 heavy (non-hydrogen) atoms. The molecule has 0 spiro atoms. The van der Waals surface area contributed by atoms with Crippen LogP contribution in [-0.4, -0.2) is 14.9 Å². The zero-order valence-corrected chi connectivity index (χ0v) is 17.1. The number of thiophene rings is 1. The third-order valence-electron chi connectivity index (χ3n) is 5.70. The number of aromatic nitrogens is 2. The summed E-state index contributed by atoms with van der Waals surface area (Å²) in [7, 11) is 0. The minimum Gasteiger partial charge on any atom is -0.282 e. The van der Waals surface area contributed by atoms with Crippen LogP contribution in [0.15, 0.2) is 47.4 Å². The lowest BCUT2D eigenvalue weighted by atomic mass is 9.88. The highest BCUT2D eigenvalue weighted by Gasteiger charge is 2.35. The topological polar surface area (TPSA) is 52.8 Å². The van der Waals surface area contributed by atoms with Crippen molar-refractivity contribution >= 4 is 11.3 Å². The summed E-state index contributed by atoms with van der Waals surface area (Å²) in [5, 5.41) is 13.6. The summed E-state index contributed by atoms with van der Waals surface area (Å²) in [4.78, 5) is 12.0. The Balaban J connectivity index is 1.78. The Hall–Kier alpha value is -2.55. The van der Waals surface area contributed by atoms with E-state index >= 15 is 0 Å². The maximum absolute atomic E-state index is 9.50. The highest BCUT2D eigenvalue weighted by Crippen LogP contribution is 2.43.